The summed E-state index contributed by atoms with van der Waals surface area (Å²) in [4.78, 5) is 38.9. The van der Waals surface area contributed by atoms with Gasteiger partial charge in [-0.1, -0.05) is 52.0 Å². The van der Waals surface area contributed by atoms with Crippen molar-refractivity contribution in [1.29, 1.82) is 0 Å². The van der Waals surface area contributed by atoms with Crippen molar-refractivity contribution in [2.75, 3.05) is 6.54 Å². The van der Waals surface area contributed by atoms with E-state index >= 15 is 0 Å². The monoisotopic (exact) mass is 399 g/mol. The molecule has 0 bridgehead atoms. The van der Waals surface area contributed by atoms with E-state index in [1.165, 1.54) is 5.56 Å². The van der Waals surface area contributed by atoms with Gasteiger partial charge in [-0.15, -0.1) is 0 Å². The summed E-state index contributed by atoms with van der Waals surface area (Å²) in [6.45, 7) is 10.3. The van der Waals surface area contributed by atoms with E-state index in [-0.39, 0.29) is 29.8 Å². The van der Waals surface area contributed by atoms with E-state index in [0.29, 0.717) is 18.8 Å². The second-order valence-electron chi connectivity index (χ2n) is 9.75. The summed E-state index contributed by atoms with van der Waals surface area (Å²) >= 11 is 0. The molecule has 2 fully saturated rings. The van der Waals surface area contributed by atoms with Gasteiger partial charge in [-0.3, -0.25) is 14.5 Å². The molecule has 158 valence electrons. The Balaban J connectivity index is 1.60. The molecule has 1 spiro atoms. The molecule has 1 aromatic carbocycles. The minimum Gasteiger partial charge on any atom is -0.348 e. The summed E-state index contributed by atoms with van der Waals surface area (Å²) in [5.74, 6) is -0.0259. The first kappa shape index (κ1) is 21.3. The SMILES string of the molecule is CC1CCC2(CC1)NC(=O)N(CC(=O)NC(C)c1ccc(C(C)(C)C)cc1)C2=O. The van der Waals surface area contributed by atoms with Gasteiger partial charge in [0.25, 0.3) is 5.91 Å². The maximum Gasteiger partial charge on any atom is 0.325 e. The molecule has 2 aliphatic rings. The Morgan fingerprint density at radius 1 is 1.21 bits per heavy atom. The van der Waals surface area contributed by atoms with Gasteiger partial charge >= 0.3 is 6.03 Å². The zero-order valence-corrected chi connectivity index (χ0v) is 18.2. The molecule has 1 saturated heterocycles. The van der Waals surface area contributed by atoms with Gasteiger partial charge in [0.15, 0.2) is 0 Å². The Labute approximate surface area is 173 Å². The molecule has 6 nitrogen and oxygen atoms in total. The minimum absolute atomic E-state index is 0.0708. The maximum atomic E-state index is 12.9. The quantitative estimate of drug-likeness (QED) is 0.759. The van der Waals surface area contributed by atoms with E-state index in [2.05, 4.69) is 50.5 Å². The molecule has 29 heavy (non-hydrogen) atoms. The van der Waals surface area contributed by atoms with E-state index < -0.39 is 11.6 Å². The van der Waals surface area contributed by atoms with Crippen LogP contribution in [0.2, 0.25) is 0 Å². The molecule has 0 aromatic heterocycles. The van der Waals surface area contributed by atoms with Crippen molar-refractivity contribution in [2.45, 2.75) is 77.3 Å². The lowest BCUT2D eigenvalue weighted by Gasteiger charge is -2.33. The number of urea groups is 1. The molecule has 1 saturated carbocycles. The van der Waals surface area contributed by atoms with Crippen molar-refractivity contribution >= 4 is 17.8 Å². The van der Waals surface area contributed by atoms with Crippen LogP contribution < -0.4 is 10.6 Å². The fraction of sp³-hybridized carbons (Fsp3) is 0.609. The second-order valence-corrected chi connectivity index (χ2v) is 9.75. The zero-order chi connectivity index (χ0) is 21.4. The summed E-state index contributed by atoms with van der Waals surface area (Å²) in [6, 6.07) is 7.50. The number of nitrogens with one attached hydrogen (secondary N) is 2. The normalized spacial score (nSPS) is 25.8. The smallest absolute Gasteiger partial charge is 0.325 e. The molecule has 2 N–H and O–H groups in total. The molecular formula is C23H33N3O3. The molecule has 1 heterocycles. The van der Waals surface area contributed by atoms with Gasteiger partial charge in [0, 0.05) is 0 Å². The van der Waals surface area contributed by atoms with Crippen LogP contribution in [0.1, 0.15) is 77.5 Å². The number of nitrogens with zero attached hydrogens (tertiary/aromatic N) is 1. The Morgan fingerprint density at radius 3 is 2.34 bits per heavy atom. The van der Waals surface area contributed by atoms with Crippen LogP contribution in [0.25, 0.3) is 0 Å². The van der Waals surface area contributed by atoms with Crippen LogP contribution in [0.5, 0.6) is 0 Å². The zero-order valence-electron chi connectivity index (χ0n) is 18.2. The first-order valence-electron chi connectivity index (χ1n) is 10.6. The van der Waals surface area contributed by atoms with Gasteiger partial charge in [0.1, 0.15) is 12.1 Å². The van der Waals surface area contributed by atoms with Crippen molar-refractivity contribution in [3.63, 3.8) is 0 Å². The predicted octanol–water partition coefficient (Wildman–Crippen LogP) is 3.66. The Morgan fingerprint density at radius 2 is 1.79 bits per heavy atom. The van der Waals surface area contributed by atoms with E-state index in [1.807, 2.05) is 19.1 Å². The van der Waals surface area contributed by atoms with Crippen molar-refractivity contribution in [1.82, 2.24) is 15.5 Å². The highest BCUT2D eigenvalue weighted by molar-refractivity contribution is 6.09. The van der Waals surface area contributed by atoms with Gasteiger partial charge in [0.2, 0.25) is 5.91 Å². The van der Waals surface area contributed by atoms with Crippen LogP contribution in [0.4, 0.5) is 4.79 Å². The first-order valence-corrected chi connectivity index (χ1v) is 10.6. The van der Waals surface area contributed by atoms with Gasteiger partial charge in [-0.25, -0.2) is 4.79 Å². The molecule has 1 aliphatic heterocycles. The van der Waals surface area contributed by atoms with Crippen molar-refractivity contribution in [3.05, 3.63) is 35.4 Å². The van der Waals surface area contributed by atoms with Gasteiger partial charge in [-0.05, 0) is 55.1 Å². The average molecular weight is 400 g/mol. The number of hydrogen-bond donors (Lipinski definition) is 2. The summed E-state index contributed by atoms with van der Waals surface area (Å²) in [7, 11) is 0. The molecule has 3 rings (SSSR count). The number of carbonyl (C=O) groups excluding carboxylic acids is 3. The van der Waals surface area contributed by atoms with Crippen molar-refractivity contribution < 1.29 is 14.4 Å². The van der Waals surface area contributed by atoms with Crippen molar-refractivity contribution in [3.8, 4) is 0 Å². The second kappa shape index (κ2) is 7.81. The molecule has 6 heteroatoms. The lowest BCUT2D eigenvalue weighted by Crippen LogP contribution is -2.50. The molecule has 4 amide bonds. The number of benzene rings is 1. The van der Waals surface area contributed by atoms with Crippen LogP contribution in [0.3, 0.4) is 0 Å². The number of amides is 4. The Kier molecular flexibility index (Phi) is 5.74. The van der Waals surface area contributed by atoms with Crippen LogP contribution >= 0.6 is 0 Å². The molecule has 1 unspecified atom stereocenters. The van der Waals surface area contributed by atoms with E-state index in [0.717, 1.165) is 23.3 Å². The largest absolute Gasteiger partial charge is 0.348 e. The standard InChI is InChI=1S/C23H33N3O3/c1-15-10-12-23(13-11-15)20(28)26(21(29)25-23)14-19(27)24-16(2)17-6-8-18(9-7-17)22(3,4)5/h6-9,15-16H,10-14H2,1-5H3,(H,24,27)(H,25,29). The third-order valence-electron chi connectivity index (χ3n) is 6.33. The average Bonchev–Trinajstić information content (AvgIpc) is 2.88. The van der Waals surface area contributed by atoms with Gasteiger partial charge < -0.3 is 10.6 Å². The lowest BCUT2D eigenvalue weighted by atomic mass is 9.77. The number of rotatable bonds is 4. The molecule has 1 aliphatic carbocycles. The van der Waals surface area contributed by atoms with Gasteiger partial charge in [-0.2, -0.15) is 0 Å². The minimum atomic E-state index is -0.807. The van der Waals surface area contributed by atoms with E-state index in [1.54, 1.807) is 0 Å². The molecular weight excluding hydrogens is 366 g/mol. The van der Waals surface area contributed by atoms with Crippen LogP contribution in [-0.2, 0) is 15.0 Å². The summed E-state index contributed by atoms with van der Waals surface area (Å²) < 4.78 is 0. The fourth-order valence-corrected chi connectivity index (χ4v) is 4.20. The highest BCUT2D eigenvalue weighted by atomic mass is 16.2. The lowest BCUT2D eigenvalue weighted by molar-refractivity contribution is -0.136. The Bertz CT molecular complexity index is 787. The fourth-order valence-electron chi connectivity index (χ4n) is 4.20. The Hall–Kier alpha value is -2.37. The van der Waals surface area contributed by atoms with Crippen LogP contribution in [-0.4, -0.2) is 34.8 Å². The first-order chi connectivity index (χ1) is 13.5. The topological polar surface area (TPSA) is 78.5 Å². The maximum absolute atomic E-state index is 12.9. The highest BCUT2D eigenvalue weighted by Crippen LogP contribution is 2.36. The molecule has 1 aromatic rings. The third kappa shape index (κ3) is 4.46. The van der Waals surface area contributed by atoms with Crippen LogP contribution in [0.15, 0.2) is 24.3 Å². The van der Waals surface area contributed by atoms with Gasteiger partial charge in [0.05, 0.1) is 6.04 Å². The summed E-state index contributed by atoms with van der Waals surface area (Å²) in [5.41, 5.74) is 1.48. The number of imide groups is 1. The molecule has 1 atom stereocenters. The summed E-state index contributed by atoms with van der Waals surface area (Å²) in [5, 5.41) is 5.77. The highest BCUT2D eigenvalue weighted by Gasteiger charge is 2.52. The predicted molar refractivity (Wildman–Crippen MR) is 112 cm³/mol. The van der Waals surface area contributed by atoms with E-state index in [9.17, 15) is 14.4 Å². The van der Waals surface area contributed by atoms with Crippen LogP contribution in [0, 0.1) is 5.92 Å². The number of carbonyl (C=O) groups is 3. The number of hydrogen-bond acceptors (Lipinski definition) is 3. The van der Waals surface area contributed by atoms with Crippen molar-refractivity contribution in [2.24, 2.45) is 5.92 Å². The molecule has 0 radical (unpaired) electrons. The van der Waals surface area contributed by atoms with E-state index in [4.69, 9.17) is 0 Å². The summed E-state index contributed by atoms with van der Waals surface area (Å²) in [6.07, 6.45) is 3.11. The third-order valence-corrected chi connectivity index (χ3v) is 6.33.